The molecule has 7 heteroatoms. The second-order valence-electron chi connectivity index (χ2n) is 11.8. The van der Waals surface area contributed by atoms with E-state index in [1.54, 1.807) is 0 Å². The molecular weight excluding hydrogens is 508 g/mol. The smallest absolute Gasteiger partial charge is 0.132 e. The molecule has 41 heavy (non-hydrogen) atoms. The van der Waals surface area contributed by atoms with E-state index in [0.717, 1.165) is 53.9 Å². The number of pyridine rings is 1. The number of nitrogens with one attached hydrogen (secondary N) is 1. The van der Waals surface area contributed by atoms with Gasteiger partial charge in [-0.25, -0.2) is 4.98 Å². The first-order valence-electron chi connectivity index (χ1n) is 14.6. The quantitative estimate of drug-likeness (QED) is 0.195. The van der Waals surface area contributed by atoms with Gasteiger partial charge in [0.25, 0.3) is 0 Å². The Morgan fingerprint density at radius 1 is 0.902 bits per heavy atom. The number of ether oxygens (including phenoxy) is 1. The van der Waals surface area contributed by atoms with Gasteiger partial charge in [-0.1, -0.05) is 42.5 Å². The van der Waals surface area contributed by atoms with E-state index >= 15 is 0 Å². The second kappa shape index (κ2) is 11.1. The molecule has 3 aromatic rings. The van der Waals surface area contributed by atoms with Crippen LogP contribution < -0.4 is 17.2 Å². The maximum atomic E-state index is 8.94. The number of hydrogen-bond donors (Lipinski definition) is 4. The topological polar surface area (TPSA) is 127 Å². The summed E-state index contributed by atoms with van der Waals surface area (Å²) in [7, 11) is 0. The van der Waals surface area contributed by atoms with Crippen LogP contribution in [0.2, 0.25) is 0 Å². The number of fused-ring (bicyclic) bond motifs is 3. The van der Waals surface area contributed by atoms with E-state index < -0.39 is 0 Å². The van der Waals surface area contributed by atoms with Crippen molar-refractivity contribution in [1.29, 1.82) is 5.41 Å². The Kier molecular flexibility index (Phi) is 7.41. The molecule has 212 valence electrons. The summed E-state index contributed by atoms with van der Waals surface area (Å²) in [6, 6.07) is 18.3. The molecule has 2 saturated heterocycles. The molecule has 2 aromatic carbocycles. The molecule has 3 unspecified atom stereocenters. The highest BCUT2D eigenvalue weighted by Gasteiger charge is 2.45. The number of hydrogen-bond acceptors (Lipinski definition) is 7. The number of morpholine rings is 1. The predicted octanol–water partition coefficient (Wildman–Crippen LogP) is 5.02. The first-order chi connectivity index (χ1) is 19.8. The Labute approximate surface area is 242 Å². The van der Waals surface area contributed by atoms with Crippen molar-refractivity contribution in [3.8, 4) is 11.1 Å². The van der Waals surface area contributed by atoms with Gasteiger partial charge in [0.2, 0.25) is 0 Å². The molecule has 7 N–H and O–H groups in total. The van der Waals surface area contributed by atoms with E-state index in [-0.39, 0.29) is 0 Å². The van der Waals surface area contributed by atoms with Gasteiger partial charge in [0.15, 0.2) is 0 Å². The van der Waals surface area contributed by atoms with Crippen LogP contribution in [0, 0.1) is 5.41 Å². The maximum Gasteiger partial charge on any atom is 0.132 e. The first kappa shape index (κ1) is 27.2. The lowest BCUT2D eigenvalue weighted by atomic mass is 9.87. The molecule has 2 fully saturated rings. The van der Waals surface area contributed by atoms with Crippen LogP contribution in [0.5, 0.6) is 0 Å². The molecule has 3 heterocycles. The molecule has 3 aliphatic rings. The molecular formula is C34H40N6O. The summed E-state index contributed by atoms with van der Waals surface area (Å²) in [6.07, 6.45) is 9.58. The molecule has 3 atom stereocenters. The van der Waals surface area contributed by atoms with Gasteiger partial charge >= 0.3 is 0 Å². The third kappa shape index (κ3) is 5.39. The van der Waals surface area contributed by atoms with Crippen molar-refractivity contribution in [3.05, 3.63) is 99.9 Å². The molecule has 0 amide bonds. The summed E-state index contributed by atoms with van der Waals surface area (Å²) in [5, 5.41) is 8.94. The van der Waals surface area contributed by atoms with Crippen molar-refractivity contribution in [2.75, 3.05) is 18.9 Å². The van der Waals surface area contributed by atoms with E-state index in [4.69, 9.17) is 27.3 Å². The van der Waals surface area contributed by atoms with Crippen molar-refractivity contribution < 1.29 is 4.74 Å². The van der Waals surface area contributed by atoms with E-state index in [2.05, 4.69) is 28.1 Å². The summed E-state index contributed by atoms with van der Waals surface area (Å²) in [4.78, 5) is 7.23. The minimum Gasteiger partial charge on any atom is -0.402 e. The third-order valence-electron chi connectivity index (χ3n) is 9.00. The van der Waals surface area contributed by atoms with Crippen molar-refractivity contribution in [3.63, 3.8) is 0 Å². The van der Waals surface area contributed by atoms with Crippen LogP contribution in [0.3, 0.4) is 0 Å². The van der Waals surface area contributed by atoms with Gasteiger partial charge < -0.3 is 21.9 Å². The fourth-order valence-electron chi connectivity index (χ4n) is 6.78. The number of rotatable bonds is 6. The van der Waals surface area contributed by atoms with Crippen LogP contribution in [0.15, 0.2) is 72.1 Å². The average molecular weight is 549 g/mol. The second-order valence-corrected chi connectivity index (χ2v) is 11.8. The number of aromatic nitrogens is 1. The van der Waals surface area contributed by atoms with E-state index in [0.29, 0.717) is 46.6 Å². The molecule has 0 spiro atoms. The summed E-state index contributed by atoms with van der Waals surface area (Å²) in [5.41, 5.74) is 28.3. The van der Waals surface area contributed by atoms with Crippen molar-refractivity contribution in [2.45, 2.75) is 64.1 Å². The van der Waals surface area contributed by atoms with Crippen LogP contribution in [0.4, 0.5) is 5.82 Å². The average Bonchev–Trinajstić information content (AvgIpc) is 3.19. The monoisotopic (exact) mass is 548 g/mol. The van der Waals surface area contributed by atoms with Gasteiger partial charge in [-0.3, -0.25) is 10.3 Å². The lowest BCUT2D eigenvalue weighted by molar-refractivity contribution is -0.148. The summed E-state index contributed by atoms with van der Waals surface area (Å²) in [6.45, 7) is 5.56. The van der Waals surface area contributed by atoms with Crippen LogP contribution in [-0.2, 0) is 17.6 Å². The van der Waals surface area contributed by atoms with Crippen LogP contribution in [-0.4, -0.2) is 46.9 Å². The van der Waals surface area contributed by atoms with Crippen LogP contribution in [0.1, 0.15) is 60.9 Å². The normalized spacial score (nSPS) is 23.2. The Bertz CT molecular complexity index is 1520. The Hall–Kier alpha value is -3.94. The summed E-state index contributed by atoms with van der Waals surface area (Å²) >= 11 is 0. The Morgan fingerprint density at radius 3 is 2.27 bits per heavy atom. The number of anilines is 1. The van der Waals surface area contributed by atoms with Crippen molar-refractivity contribution in [1.82, 2.24) is 9.88 Å². The zero-order chi connectivity index (χ0) is 28.7. The maximum absolute atomic E-state index is 8.94. The molecule has 2 aliphatic heterocycles. The molecule has 0 saturated carbocycles. The van der Waals surface area contributed by atoms with E-state index in [1.165, 1.54) is 30.4 Å². The lowest BCUT2D eigenvalue weighted by Gasteiger charge is -2.56. The standard InChI is InChI=1S/C34H40N6O/c1-20(13-21(2)35)32(36)23-4-6-24(7-5-23)33(37)31-15-27(17-39-34(31)38)26-8-3-22-9-11-28(12-10-25(22)14-26)40-29-16-30(40)19-41-18-29/h3-8,13-15,17,28-30,37H,9-12,16,18-19,35-36H2,1-2H3,(H2,38,39)/b21-13-,32-20-,37-33?. The molecule has 6 rings (SSSR count). The van der Waals surface area contributed by atoms with Crippen LogP contribution >= 0.6 is 0 Å². The molecule has 2 bridgehead atoms. The van der Waals surface area contributed by atoms with Gasteiger partial charge in [0.1, 0.15) is 5.82 Å². The van der Waals surface area contributed by atoms with Crippen molar-refractivity contribution >= 4 is 17.2 Å². The zero-order valence-electron chi connectivity index (χ0n) is 24.0. The van der Waals surface area contributed by atoms with Gasteiger partial charge in [-0.2, -0.15) is 0 Å². The van der Waals surface area contributed by atoms with Crippen LogP contribution in [0.25, 0.3) is 16.8 Å². The molecule has 1 aliphatic carbocycles. The molecule has 0 radical (unpaired) electrons. The lowest BCUT2D eigenvalue weighted by Crippen LogP contribution is -2.66. The Balaban J connectivity index is 1.21. The Morgan fingerprint density at radius 2 is 1.59 bits per heavy atom. The minimum atomic E-state index is 0.335. The fraction of sp³-hybridized carbons (Fsp3) is 0.353. The first-order valence-corrected chi connectivity index (χ1v) is 14.6. The van der Waals surface area contributed by atoms with E-state index in [1.807, 2.05) is 56.5 Å². The number of allylic oxidation sites excluding steroid dienone is 3. The number of nitrogen functional groups attached to an aromatic ring is 1. The number of nitrogens with zero attached hydrogens (tertiary/aromatic N) is 2. The van der Waals surface area contributed by atoms with Gasteiger partial charge in [-0.15, -0.1) is 0 Å². The van der Waals surface area contributed by atoms with Crippen molar-refractivity contribution in [2.24, 2.45) is 11.5 Å². The van der Waals surface area contributed by atoms with Gasteiger partial charge in [0, 0.05) is 52.4 Å². The molecule has 1 aromatic heterocycles. The zero-order valence-corrected chi connectivity index (χ0v) is 24.0. The predicted molar refractivity (Wildman–Crippen MR) is 166 cm³/mol. The highest BCUT2D eigenvalue weighted by molar-refractivity contribution is 6.14. The highest BCUT2D eigenvalue weighted by atomic mass is 16.5. The largest absolute Gasteiger partial charge is 0.402 e. The summed E-state index contributed by atoms with van der Waals surface area (Å²) < 4.78 is 5.72. The van der Waals surface area contributed by atoms with Gasteiger partial charge in [0.05, 0.1) is 18.9 Å². The fourth-order valence-corrected chi connectivity index (χ4v) is 6.78. The molecule has 7 nitrogen and oxygen atoms in total. The minimum absolute atomic E-state index is 0.335. The SMILES string of the molecule is C/C(N)=C/C(C)=C(\N)c1ccc(C(=N)c2cc(-c3ccc4c(c3)CCC(N3C5COCC3C5)CC4)cnc2N)cc1. The summed E-state index contributed by atoms with van der Waals surface area (Å²) in [5.74, 6) is 0.350. The number of aryl methyl sites for hydroxylation is 2. The number of benzene rings is 2. The highest BCUT2D eigenvalue weighted by Crippen LogP contribution is 2.38. The van der Waals surface area contributed by atoms with E-state index in [9.17, 15) is 0 Å². The third-order valence-corrected chi connectivity index (χ3v) is 9.00. The van der Waals surface area contributed by atoms with Gasteiger partial charge in [-0.05, 0) is 85.9 Å². The number of nitrogens with two attached hydrogens (primary N) is 3.